The van der Waals surface area contributed by atoms with E-state index in [9.17, 15) is 49.8 Å². The number of amides is 1. The van der Waals surface area contributed by atoms with Crippen molar-refractivity contribution in [3.05, 3.63) is 82.7 Å². The highest BCUT2D eigenvalue weighted by Crippen LogP contribution is 2.55. The van der Waals surface area contributed by atoms with Gasteiger partial charge in [-0.3, -0.25) is 19.8 Å². The van der Waals surface area contributed by atoms with Crippen molar-refractivity contribution in [1.29, 1.82) is 0 Å². The molecule has 6 rings (SSSR count). The number of carbonyl (C=O) groups is 4. The standard InChI is InChI=1S/C45H53N3O14/c1-20-11-10-12-21(2)43(56)47-34-29(19-46-48-28-15-13-27(14-16-28)44(57)58)38(53)31-32(39(34)54)37(52)25(6)41-33(31)42(55)45(8,62-41)60-18-17-30(59-9)22(3)40(61-26(7)49)24(5)36(51)23(4)35(20)50/h10-20,22-24,30,35-36,40,48,50-54H,1-9H3,(H,47,56)(H,57,58)/b11-10+,18-17+,21-12-,46-19+/t20-,22+,23+,24+,30-,35-,36+,40+,45-/m0/s1. The number of carboxylic acids is 1. The van der Waals surface area contributed by atoms with Crippen molar-refractivity contribution in [2.45, 2.75) is 85.6 Å². The second-order valence-corrected chi connectivity index (χ2v) is 15.9. The van der Waals surface area contributed by atoms with Crippen LogP contribution in [0.5, 0.6) is 23.0 Å². The summed E-state index contributed by atoms with van der Waals surface area (Å²) < 4.78 is 23.5. The van der Waals surface area contributed by atoms with E-state index >= 15 is 0 Å². The minimum Gasteiger partial charge on any atom is -0.507 e. The smallest absolute Gasteiger partial charge is 0.335 e. The zero-order valence-corrected chi connectivity index (χ0v) is 35.8. The molecule has 8 N–H and O–H groups in total. The lowest BCUT2D eigenvalue weighted by atomic mass is 9.78. The molecule has 0 saturated carbocycles. The van der Waals surface area contributed by atoms with Crippen molar-refractivity contribution in [1.82, 2.24) is 0 Å². The Morgan fingerprint density at radius 1 is 0.919 bits per heavy atom. The highest BCUT2D eigenvalue weighted by atomic mass is 16.7. The number of Topliss-reactive ketones (excluding diaryl/α,β-unsaturated/α-hetero) is 1. The monoisotopic (exact) mass is 859 g/mol. The summed E-state index contributed by atoms with van der Waals surface area (Å²) in [5, 5.41) is 73.6. The second-order valence-electron chi connectivity index (χ2n) is 15.9. The fraction of sp³-hybridized carbons (Fsp3) is 0.400. The molecule has 3 heterocycles. The van der Waals surface area contributed by atoms with Crippen LogP contribution in [0.2, 0.25) is 0 Å². The van der Waals surface area contributed by atoms with Crippen LogP contribution in [-0.4, -0.2) is 97.8 Å². The number of carboxylic acid groups (broad SMARTS) is 1. The Labute approximate surface area is 358 Å². The minimum absolute atomic E-state index is 0.00514. The molecule has 17 heteroatoms. The normalized spacial score (nSPS) is 29.0. The minimum atomic E-state index is -2.11. The Balaban J connectivity index is 1.70. The molecule has 332 valence electrons. The van der Waals surface area contributed by atoms with Gasteiger partial charge in [-0.1, -0.05) is 45.9 Å². The number of ketones is 1. The summed E-state index contributed by atoms with van der Waals surface area (Å²) in [6, 6.07) is 5.54. The van der Waals surface area contributed by atoms with Gasteiger partial charge in [0.25, 0.3) is 11.7 Å². The van der Waals surface area contributed by atoms with Crippen molar-refractivity contribution in [3.63, 3.8) is 0 Å². The molecule has 0 fully saturated rings. The lowest BCUT2D eigenvalue weighted by Crippen LogP contribution is -2.46. The first kappa shape index (κ1) is 46.6. The molecule has 1 amide bonds. The molecule has 17 nitrogen and oxygen atoms in total. The topological polar surface area (TPSA) is 263 Å². The number of benzene rings is 3. The fourth-order valence-corrected chi connectivity index (χ4v) is 7.73. The van der Waals surface area contributed by atoms with Crippen LogP contribution in [0.1, 0.15) is 80.3 Å². The molecule has 0 aliphatic carbocycles. The number of methoxy groups -OCH3 is 1. The number of hydrogen-bond acceptors (Lipinski definition) is 15. The summed E-state index contributed by atoms with van der Waals surface area (Å²) in [5.74, 6) is -10.2. The van der Waals surface area contributed by atoms with E-state index in [0.717, 1.165) is 12.5 Å². The van der Waals surface area contributed by atoms with Crippen LogP contribution in [0.4, 0.5) is 11.4 Å². The number of carbonyl (C=O) groups excluding carboxylic acids is 3. The van der Waals surface area contributed by atoms with Crippen molar-refractivity contribution in [2.24, 2.45) is 28.8 Å². The van der Waals surface area contributed by atoms with E-state index < -0.39 is 106 Å². The number of nitrogens with zero attached hydrogens (tertiary/aromatic N) is 1. The summed E-state index contributed by atoms with van der Waals surface area (Å²) in [7, 11) is 1.41. The summed E-state index contributed by atoms with van der Waals surface area (Å²) in [5.41, 5.74) is 2.17. The number of phenolic OH excluding ortho intramolecular Hbond substituents is 3. The van der Waals surface area contributed by atoms with Gasteiger partial charge in [0, 0.05) is 61.2 Å². The Morgan fingerprint density at radius 3 is 2.19 bits per heavy atom. The first-order valence-electron chi connectivity index (χ1n) is 19.8. The van der Waals surface area contributed by atoms with Crippen molar-refractivity contribution in [3.8, 4) is 23.0 Å². The highest BCUT2D eigenvalue weighted by Gasteiger charge is 2.50. The quantitative estimate of drug-likeness (QED) is 0.0472. The third-order valence-electron chi connectivity index (χ3n) is 11.6. The van der Waals surface area contributed by atoms with Gasteiger partial charge in [0.15, 0.2) is 5.75 Å². The van der Waals surface area contributed by atoms with E-state index in [-0.39, 0.29) is 39.0 Å². The van der Waals surface area contributed by atoms with Crippen molar-refractivity contribution >= 4 is 52.0 Å². The van der Waals surface area contributed by atoms with Gasteiger partial charge in [-0.2, -0.15) is 5.10 Å². The van der Waals surface area contributed by atoms with E-state index in [1.54, 1.807) is 33.8 Å². The number of fused-ring (bicyclic) bond motifs is 14. The molecule has 5 bridgehead atoms. The summed E-state index contributed by atoms with van der Waals surface area (Å²) in [6.45, 7) is 12.2. The molecule has 0 saturated heterocycles. The fourth-order valence-electron chi connectivity index (χ4n) is 7.73. The third kappa shape index (κ3) is 9.10. The van der Waals surface area contributed by atoms with Gasteiger partial charge in [0.1, 0.15) is 23.4 Å². The number of aromatic hydroxyl groups is 3. The maximum atomic E-state index is 14.4. The molecule has 62 heavy (non-hydrogen) atoms. The number of hydrazone groups is 1. The van der Waals surface area contributed by atoms with Gasteiger partial charge in [-0.25, -0.2) is 4.79 Å². The number of esters is 1. The van der Waals surface area contributed by atoms with Crippen LogP contribution in [-0.2, 0) is 23.8 Å². The zero-order valence-electron chi connectivity index (χ0n) is 35.8. The van der Waals surface area contributed by atoms with Crippen LogP contribution in [0.15, 0.2) is 65.5 Å². The van der Waals surface area contributed by atoms with E-state index in [1.165, 1.54) is 77.3 Å². The Hall–Kier alpha value is -6.43. The first-order valence-corrected chi connectivity index (χ1v) is 19.8. The Bertz CT molecular complexity index is 2370. The molecular formula is C45H53N3O14. The number of aliphatic hydroxyl groups excluding tert-OH is 2. The van der Waals surface area contributed by atoms with Crippen LogP contribution < -0.4 is 15.5 Å². The van der Waals surface area contributed by atoms with E-state index in [0.29, 0.717) is 5.69 Å². The zero-order chi connectivity index (χ0) is 46.0. The van der Waals surface area contributed by atoms with Gasteiger partial charge >= 0.3 is 17.7 Å². The predicted molar refractivity (Wildman–Crippen MR) is 228 cm³/mol. The van der Waals surface area contributed by atoms with Gasteiger partial charge < -0.3 is 54.9 Å². The van der Waals surface area contributed by atoms with E-state index in [1.807, 2.05) is 0 Å². The average molecular weight is 860 g/mol. The lowest BCUT2D eigenvalue weighted by Gasteiger charge is -2.38. The maximum absolute atomic E-state index is 14.4. The van der Waals surface area contributed by atoms with Crippen LogP contribution in [0.3, 0.4) is 0 Å². The van der Waals surface area contributed by atoms with Crippen molar-refractivity contribution in [2.75, 3.05) is 17.9 Å². The molecule has 3 aromatic carbocycles. The number of rotatable bonds is 6. The number of phenols is 3. The molecule has 0 radical (unpaired) electrons. The number of aliphatic hydroxyl groups is 2. The molecule has 0 unspecified atom stereocenters. The van der Waals surface area contributed by atoms with Gasteiger partial charge in [-0.05, 0) is 44.2 Å². The third-order valence-corrected chi connectivity index (χ3v) is 11.6. The van der Waals surface area contributed by atoms with Crippen LogP contribution in [0, 0.1) is 30.6 Å². The number of anilines is 2. The van der Waals surface area contributed by atoms with E-state index in [4.69, 9.17) is 18.9 Å². The van der Waals surface area contributed by atoms with E-state index in [2.05, 4.69) is 15.8 Å². The molecule has 0 aromatic heterocycles. The molecule has 3 aliphatic heterocycles. The molecule has 0 spiro atoms. The maximum Gasteiger partial charge on any atom is 0.335 e. The SMILES string of the molecule is CO[C@H]1/C=C/O[C@@]2(C)Oc3c(C)c(O)c4c(O)c(c(/C=N/Nc5ccc(C(=O)O)cc5)c(O)c4c3C2=O)NC(=O)/C(C)=C\C=C\[C@H](C)[C@H](O)[C@@H](C)[C@@H](O)[C@@H](C)[C@H](OC(C)=O)[C@@H]1C. The Kier molecular flexibility index (Phi) is 14.0. The first-order chi connectivity index (χ1) is 29.1. The number of nitrogens with one attached hydrogen (secondary N) is 2. The number of ether oxygens (including phenoxy) is 4. The second kappa shape index (κ2) is 18.7. The number of aromatic carboxylic acids is 1. The largest absolute Gasteiger partial charge is 0.507 e. The van der Waals surface area contributed by atoms with Gasteiger partial charge in [-0.15, -0.1) is 0 Å². The number of allylic oxidation sites excluding steroid dienone is 2. The van der Waals surface area contributed by atoms with Gasteiger partial charge in [0.2, 0.25) is 0 Å². The van der Waals surface area contributed by atoms with Crippen molar-refractivity contribution < 1.29 is 68.8 Å². The number of hydrogen-bond donors (Lipinski definition) is 8. The Morgan fingerprint density at radius 2 is 1.58 bits per heavy atom. The van der Waals surface area contributed by atoms with Crippen LogP contribution in [0.25, 0.3) is 10.8 Å². The lowest BCUT2D eigenvalue weighted by molar-refractivity contribution is -0.160. The predicted octanol–water partition coefficient (Wildman–Crippen LogP) is 5.90. The molecule has 3 aliphatic rings. The summed E-state index contributed by atoms with van der Waals surface area (Å²) >= 11 is 0. The molecular weight excluding hydrogens is 807 g/mol. The molecule has 9 atom stereocenters. The summed E-state index contributed by atoms with van der Waals surface area (Å²) in [6.07, 6.45) is 4.25. The van der Waals surface area contributed by atoms with Crippen LogP contribution >= 0.6 is 0 Å². The summed E-state index contributed by atoms with van der Waals surface area (Å²) in [4.78, 5) is 51.8. The highest BCUT2D eigenvalue weighted by molar-refractivity contribution is 6.24. The van der Waals surface area contributed by atoms with Gasteiger partial charge in [0.05, 0.1) is 64.2 Å². The molecule has 3 aromatic rings. The average Bonchev–Trinajstić information content (AvgIpc) is 3.50.